The van der Waals surface area contributed by atoms with E-state index in [9.17, 15) is 4.39 Å². The van der Waals surface area contributed by atoms with Crippen LogP contribution in [-0.4, -0.2) is 49.8 Å². The van der Waals surface area contributed by atoms with Crippen molar-refractivity contribution in [2.24, 2.45) is 5.92 Å². The molecule has 184 valence electrons. The Balaban J connectivity index is 1.05. The zero-order chi connectivity index (χ0) is 24.3. The summed E-state index contributed by atoms with van der Waals surface area (Å²) in [6.07, 6.45) is 7.04. The first-order chi connectivity index (χ1) is 17.7. The molecule has 0 N–H and O–H groups in total. The Labute approximate surface area is 218 Å². The maximum atomic E-state index is 13.4. The molecule has 0 aliphatic carbocycles. The molecule has 0 bridgehead atoms. The fourth-order valence-electron chi connectivity index (χ4n) is 4.99. The zero-order valence-corrected chi connectivity index (χ0v) is 21.6. The number of pyridine rings is 1. The van der Waals surface area contributed by atoms with E-state index in [4.69, 9.17) is 4.98 Å². The van der Waals surface area contributed by atoms with Crippen LogP contribution in [0.4, 0.5) is 4.39 Å². The van der Waals surface area contributed by atoms with E-state index in [1.54, 1.807) is 11.3 Å². The number of thiazole rings is 1. The molecule has 4 heterocycles. The predicted molar refractivity (Wildman–Crippen MR) is 146 cm³/mol. The minimum Gasteiger partial charge on any atom is -0.323 e. The van der Waals surface area contributed by atoms with Crippen LogP contribution in [-0.2, 0) is 13.0 Å². The van der Waals surface area contributed by atoms with E-state index in [1.165, 1.54) is 29.7 Å². The van der Waals surface area contributed by atoms with Crippen LogP contribution < -0.4 is 0 Å². The van der Waals surface area contributed by atoms with Crippen molar-refractivity contribution in [2.75, 3.05) is 25.4 Å². The number of aromatic nitrogens is 4. The van der Waals surface area contributed by atoms with Crippen molar-refractivity contribution in [3.8, 4) is 0 Å². The lowest BCUT2D eigenvalue weighted by atomic mass is 9.93. The lowest BCUT2D eigenvalue weighted by Crippen LogP contribution is -2.36. The standard InChI is InChI=1S/C28H28FN5S2/c29-22-7-5-21(6-8-22)19-34-25-4-2-1-3-23(25)31-27(34)17-20-10-13-33(14-11-20)15-16-35-28-32-24-18-30-12-9-26(24)36-28/h1-9,12,18,20H,10-11,13-17,19H2. The van der Waals surface area contributed by atoms with Crippen LogP contribution in [0.2, 0.25) is 0 Å². The Morgan fingerprint density at radius 2 is 1.81 bits per heavy atom. The SMILES string of the molecule is Fc1ccc(Cn2c(CC3CCN(CCSc4nc5cnccc5s4)CC3)nc3ccccc32)cc1. The van der Waals surface area contributed by atoms with Gasteiger partial charge in [0.15, 0.2) is 4.34 Å². The molecule has 36 heavy (non-hydrogen) atoms. The number of hydrogen-bond acceptors (Lipinski definition) is 6. The molecule has 0 unspecified atom stereocenters. The van der Waals surface area contributed by atoms with Crippen LogP contribution in [0.3, 0.4) is 0 Å². The first kappa shape index (κ1) is 23.6. The summed E-state index contributed by atoms with van der Waals surface area (Å²) >= 11 is 3.61. The number of imidazole rings is 1. The van der Waals surface area contributed by atoms with Crippen molar-refractivity contribution in [2.45, 2.75) is 30.1 Å². The third kappa shape index (κ3) is 5.31. The molecule has 0 spiro atoms. The lowest BCUT2D eigenvalue weighted by Gasteiger charge is -2.31. The van der Waals surface area contributed by atoms with E-state index in [0.29, 0.717) is 12.5 Å². The van der Waals surface area contributed by atoms with Crippen molar-refractivity contribution in [1.29, 1.82) is 0 Å². The predicted octanol–water partition coefficient (Wildman–Crippen LogP) is 6.28. The average molecular weight is 518 g/mol. The van der Waals surface area contributed by atoms with Crippen molar-refractivity contribution >= 4 is 44.3 Å². The maximum Gasteiger partial charge on any atom is 0.151 e. The number of piperidine rings is 1. The Bertz CT molecular complexity index is 1420. The molecule has 1 fully saturated rings. The van der Waals surface area contributed by atoms with Gasteiger partial charge in [0.25, 0.3) is 0 Å². The molecule has 3 aromatic heterocycles. The third-order valence-corrected chi connectivity index (χ3v) is 9.13. The fraction of sp³-hybridized carbons (Fsp3) is 0.321. The van der Waals surface area contributed by atoms with Gasteiger partial charge >= 0.3 is 0 Å². The van der Waals surface area contributed by atoms with Crippen molar-refractivity contribution in [1.82, 2.24) is 24.4 Å². The molecule has 5 nitrogen and oxygen atoms in total. The van der Waals surface area contributed by atoms with Crippen molar-refractivity contribution < 1.29 is 4.39 Å². The van der Waals surface area contributed by atoms with E-state index >= 15 is 0 Å². The summed E-state index contributed by atoms with van der Waals surface area (Å²) in [7, 11) is 0. The lowest BCUT2D eigenvalue weighted by molar-refractivity contribution is 0.192. The molecular weight excluding hydrogens is 489 g/mol. The van der Waals surface area contributed by atoms with Crippen molar-refractivity contribution in [3.05, 3.63) is 84.2 Å². The zero-order valence-electron chi connectivity index (χ0n) is 20.0. The number of benzene rings is 2. The molecule has 5 aromatic rings. The normalized spacial score (nSPS) is 15.2. The maximum absolute atomic E-state index is 13.4. The Kier molecular flexibility index (Phi) is 6.98. The number of nitrogens with zero attached hydrogens (tertiary/aromatic N) is 5. The summed E-state index contributed by atoms with van der Waals surface area (Å²) in [6, 6.07) is 17.2. The topological polar surface area (TPSA) is 46.8 Å². The largest absolute Gasteiger partial charge is 0.323 e. The van der Waals surface area contributed by atoms with Gasteiger partial charge in [-0.2, -0.15) is 0 Å². The van der Waals surface area contributed by atoms with E-state index < -0.39 is 0 Å². The fourth-order valence-corrected chi connectivity index (χ4v) is 7.09. The molecule has 0 saturated carbocycles. The average Bonchev–Trinajstić information content (AvgIpc) is 3.47. The van der Waals surface area contributed by atoms with E-state index in [2.05, 4.69) is 37.6 Å². The summed E-state index contributed by atoms with van der Waals surface area (Å²) < 4.78 is 18.1. The second kappa shape index (κ2) is 10.7. The highest BCUT2D eigenvalue weighted by molar-refractivity contribution is 8.01. The Morgan fingerprint density at radius 3 is 2.64 bits per heavy atom. The van der Waals surface area contributed by atoms with Gasteiger partial charge in [-0.15, -0.1) is 11.3 Å². The van der Waals surface area contributed by atoms with Crippen LogP contribution in [0.15, 0.2) is 71.3 Å². The summed E-state index contributed by atoms with van der Waals surface area (Å²) in [5, 5.41) is 0. The van der Waals surface area contributed by atoms with Gasteiger partial charge in [0.1, 0.15) is 17.2 Å². The van der Waals surface area contributed by atoms with Gasteiger partial charge in [0, 0.05) is 31.5 Å². The summed E-state index contributed by atoms with van der Waals surface area (Å²) in [5.74, 6) is 2.64. The third-order valence-electron chi connectivity index (χ3n) is 6.97. The number of halogens is 1. The summed E-state index contributed by atoms with van der Waals surface area (Å²) in [5.41, 5.74) is 4.28. The second-order valence-electron chi connectivity index (χ2n) is 9.39. The number of fused-ring (bicyclic) bond motifs is 2. The van der Waals surface area contributed by atoms with Gasteiger partial charge in [-0.25, -0.2) is 14.4 Å². The molecule has 0 atom stereocenters. The highest BCUT2D eigenvalue weighted by Crippen LogP contribution is 2.30. The van der Waals surface area contributed by atoms with Crippen LogP contribution >= 0.6 is 23.1 Å². The minimum absolute atomic E-state index is 0.197. The first-order valence-electron chi connectivity index (χ1n) is 12.5. The van der Waals surface area contributed by atoms with Crippen LogP contribution in [0.1, 0.15) is 24.2 Å². The molecule has 0 radical (unpaired) electrons. The van der Waals surface area contributed by atoms with Gasteiger partial charge in [0.2, 0.25) is 0 Å². The molecule has 0 amide bonds. The molecule has 6 rings (SSSR count). The summed E-state index contributed by atoms with van der Waals surface area (Å²) in [6.45, 7) is 4.07. The number of para-hydroxylation sites is 2. The van der Waals surface area contributed by atoms with Gasteiger partial charge < -0.3 is 9.47 Å². The number of rotatable bonds is 8. The van der Waals surface area contributed by atoms with Crippen LogP contribution in [0.5, 0.6) is 0 Å². The molecular formula is C28H28FN5S2. The quantitative estimate of drug-likeness (QED) is 0.227. The summed E-state index contributed by atoms with van der Waals surface area (Å²) in [4.78, 5) is 16.4. The minimum atomic E-state index is -0.197. The van der Waals surface area contributed by atoms with Crippen molar-refractivity contribution in [3.63, 3.8) is 0 Å². The highest BCUT2D eigenvalue weighted by Gasteiger charge is 2.22. The smallest absolute Gasteiger partial charge is 0.151 e. The second-order valence-corrected chi connectivity index (χ2v) is 11.8. The Hall–Kier alpha value is -2.81. The first-order valence-corrected chi connectivity index (χ1v) is 14.3. The van der Waals surface area contributed by atoms with Gasteiger partial charge in [-0.05, 0) is 67.7 Å². The van der Waals surface area contributed by atoms with E-state index in [1.807, 2.05) is 48.4 Å². The van der Waals surface area contributed by atoms with Gasteiger partial charge in [0.05, 0.1) is 21.9 Å². The highest BCUT2D eigenvalue weighted by atomic mass is 32.2. The number of thioether (sulfide) groups is 1. The van der Waals surface area contributed by atoms with E-state index in [-0.39, 0.29) is 5.82 Å². The Morgan fingerprint density at radius 1 is 0.972 bits per heavy atom. The van der Waals surface area contributed by atoms with Gasteiger partial charge in [-0.1, -0.05) is 36.0 Å². The number of hydrogen-bond donors (Lipinski definition) is 0. The molecule has 1 saturated heterocycles. The van der Waals surface area contributed by atoms with Crippen LogP contribution in [0.25, 0.3) is 21.3 Å². The monoisotopic (exact) mass is 517 g/mol. The molecule has 2 aromatic carbocycles. The molecule has 1 aliphatic heterocycles. The van der Waals surface area contributed by atoms with E-state index in [0.717, 1.165) is 64.1 Å². The molecule has 1 aliphatic rings. The number of likely N-dealkylation sites (tertiary alicyclic amines) is 1. The van der Waals surface area contributed by atoms with Gasteiger partial charge in [-0.3, -0.25) is 4.98 Å². The van der Waals surface area contributed by atoms with Crippen LogP contribution in [0, 0.1) is 11.7 Å². The molecule has 8 heteroatoms.